The van der Waals surface area contributed by atoms with Gasteiger partial charge in [0.1, 0.15) is 12.1 Å². The molecule has 0 aromatic rings. The van der Waals surface area contributed by atoms with E-state index in [2.05, 4.69) is 5.32 Å². The highest BCUT2D eigenvalue weighted by Crippen LogP contribution is 2.10. The third kappa shape index (κ3) is 3.23. The third-order valence-corrected chi connectivity index (χ3v) is 1.65. The number of rotatable bonds is 0. The predicted molar refractivity (Wildman–Crippen MR) is 51.0 cm³/mol. The summed E-state index contributed by atoms with van der Waals surface area (Å²) in [4.78, 5) is 34.5. The molecule has 0 atom stereocenters. The van der Waals surface area contributed by atoms with E-state index in [0.29, 0.717) is 0 Å². The summed E-state index contributed by atoms with van der Waals surface area (Å²) in [5, 5.41) is 2.34. The van der Waals surface area contributed by atoms with Crippen molar-refractivity contribution in [3.05, 3.63) is 0 Å². The number of nitrogens with one attached hydrogen (secondary N) is 1. The number of hydrogen-bond acceptors (Lipinski definition) is 4. The molecule has 6 heteroatoms. The van der Waals surface area contributed by atoms with Gasteiger partial charge in [0.25, 0.3) is 5.91 Å². The summed E-state index contributed by atoms with van der Waals surface area (Å²) in [5.74, 6) is -0.815. The summed E-state index contributed by atoms with van der Waals surface area (Å²) in [6.07, 6.45) is -0.776. The van der Waals surface area contributed by atoms with Gasteiger partial charge < -0.3 is 10.1 Å². The number of hydrogen-bond donors (Lipinski definition) is 1. The second kappa shape index (κ2) is 3.88. The molecule has 0 saturated carbocycles. The largest absolute Gasteiger partial charge is 0.443 e. The van der Waals surface area contributed by atoms with Gasteiger partial charge in [-0.1, -0.05) is 0 Å². The quantitative estimate of drug-likeness (QED) is 0.610. The van der Waals surface area contributed by atoms with Crippen molar-refractivity contribution in [2.75, 3.05) is 13.1 Å². The van der Waals surface area contributed by atoms with Gasteiger partial charge in [-0.15, -0.1) is 0 Å². The number of ether oxygens (including phenoxy) is 1. The first-order valence-electron chi connectivity index (χ1n) is 4.59. The first-order chi connectivity index (χ1) is 6.79. The zero-order chi connectivity index (χ0) is 11.6. The molecule has 84 valence electrons. The lowest BCUT2D eigenvalue weighted by molar-refractivity contribution is -0.139. The predicted octanol–water partition coefficient (Wildman–Crippen LogP) is -0.120. The van der Waals surface area contributed by atoms with Crippen molar-refractivity contribution >= 4 is 17.9 Å². The van der Waals surface area contributed by atoms with Gasteiger partial charge in [0, 0.05) is 0 Å². The van der Waals surface area contributed by atoms with Crippen LogP contribution in [0, 0.1) is 0 Å². The lowest BCUT2D eigenvalue weighted by Gasteiger charge is -2.28. The van der Waals surface area contributed by atoms with Gasteiger partial charge in [-0.25, -0.2) is 9.69 Å². The van der Waals surface area contributed by atoms with Gasteiger partial charge in [-0.3, -0.25) is 9.59 Å². The van der Waals surface area contributed by atoms with Crippen LogP contribution >= 0.6 is 0 Å². The van der Waals surface area contributed by atoms with Crippen LogP contribution in [-0.2, 0) is 14.3 Å². The minimum atomic E-state index is -0.776. The Bertz CT molecular complexity index is 306. The Morgan fingerprint density at radius 3 is 2.53 bits per heavy atom. The number of imide groups is 1. The molecule has 1 rings (SSSR count). The van der Waals surface area contributed by atoms with E-state index < -0.39 is 17.6 Å². The van der Waals surface area contributed by atoms with Crippen molar-refractivity contribution in [3.8, 4) is 0 Å². The van der Waals surface area contributed by atoms with Crippen molar-refractivity contribution in [2.45, 2.75) is 26.4 Å². The molecule has 1 aliphatic heterocycles. The summed E-state index contributed by atoms with van der Waals surface area (Å²) < 4.78 is 4.98. The minimum absolute atomic E-state index is 0.155. The first kappa shape index (κ1) is 11.5. The molecule has 0 spiro atoms. The van der Waals surface area contributed by atoms with E-state index in [1.165, 1.54) is 0 Å². The number of piperazine rings is 1. The molecule has 3 amide bonds. The second-order valence-electron chi connectivity index (χ2n) is 4.24. The van der Waals surface area contributed by atoms with Crippen LogP contribution in [0.1, 0.15) is 20.8 Å². The Balaban J connectivity index is 2.65. The van der Waals surface area contributed by atoms with E-state index >= 15 is 0 Å². The maximum absolute atomic E-state index is 11.5. The second-order valence-corrected chi connectivity index (χ2v) is 4.24. The summed E-state index contributed by atoms with van der Waals surface area (Å²) >= 11 is 0. The molecule has 0 radical (unpaired) electrons. The van der Waals surface area contributed by atoms with E-state index in [1.54, 1.807) is 20.8 Å². The van der Waals surface area contributed by atoms with Crippen molar-refractivity contribution in [1.29, 1.82) is 0 Å². The number of amides is 3. The van der Waals surface area contributed by atoms with Crippen LogP contribution in [0.4, 0.5) is 4.79 Å². The molecule has 0 unspecified atom stereocenters. The lowest BCUT2D eigenvalue weighted by atomic mass is 10.2. The van der Waals surface area contributed by atoms with E-state index in [4.69, 9.17) is 4.74 Å². The Hall–Kier alpha value is -1.59. The van der Waals surface area contributed by atoms with Crippen LogP contribution < -0.4 is 5.32 Å². The van der Waals surface area contributed by atoms with Crippen LogP contribution in [-0.4, -0.2) is 41.5 Å². The molecule has 1 saturated heterocycles. The van der Waals surface area contributed by atoms with Gasteiger partial charge in [-0.2, -0.15) is 0 Å². The Morgan fingerprint density at radius 1 is 1.40 bits per heavy atom. The molecular formula is C9H14N2O4. The SMILES string of the molecule is CC(C)(C)OC(=O)N1CC(=O)NCC1=O. The lowest BCUT2D eigenvalue weighted by Crippen LogP contribution is -2.54. The standard InChI is InChI=1S/C9H14N2O4/c1-9(2,3)15-8(14)11-5-6(12)10-4-7(11)13/h4-5H2,1-3H3,(H,10,12). The summed E-state index contributed by atoms with van der Waals surface area (Å²) in [5.41, 5.74) is -0.675. The van der Waals surface area contributed by atoms with Crippen molar-refractivity contribution in [1.82, 2.24) is 10.2 Å². The van der Waals surface area contributed by atoms with Crippen LogP contribution in [0.3, 0.4) is 0 Å². The molecule has 6 nitrogen and oxygen atoms in total. The fourth-order valence-electron chi connectivity index (χ4n) is 1.04. The van der Waals surface area contributed by atoms with Crippen molar-refractivity contribution < 1.29 is 19.1 Å². The summed E-state index contributed by atoms with van der Waals surface area (Å²) in [6.45, 7) is 4.66. The maximum atomic E-state index is 11.5. The molecule has 1 N–H and O–H groups in total. The first-order valence-corrected chi connectivity index (χ1v) is 4.59. The molecule has 0 bridgehead atoms. The summed E-state index contributed by atoms with van der Waals surface area (Å²) in [6, 6.07) is 0. The zero-order valence-electron chi connectivity index (χ0n) is 8.99. The third-order valence-electron chi connectivity index (χ3n) is 1.65. The maximum Gasteiger partial charge on any atom is 0.417 e. The van der Waals surface area contributed by atoms with Crippen LogP contribution in [0.5, 0.6) is 0 Å². The highest BCUT2D eigenvalue weighted by atomic mass is 16.6. The van der Waals surface area contributed by atoms with Crippen molar-refractivity contribution in [2.24, 2.45) is 0 Å². The topological polar surface area (TPSA) is 75.7 Å². The average Bonchev–Trinajstić information content (AvgIpc) is 2.06. The molecule has 1 heterocycles. The van der Waals surface area contributed by atoms with E-state index in [1.807, 2.05) is 0 Å². The van der Waals surface area contributed by atoms with Crippen LogP contribution in [0.25, 0.3) is 0 Å². The molecule has 1 aliphatic rings. The minimum Gasteiger partial charge on any atom is -0.443 e. The molecular weight excluding hydrogens is 200 g/mol. The summed E-state index contributed by atoms with van der Waals surface area (Å²) in [7, 11) is 0. The van der Waals surface area contributed by atoms with Crippen molar-refractivity contribution in [3.63, 3.8) is 0 Å². The van der Waals surface area contributed by atoms with E-state index in [-0.39, 0.29) is 19.0 Å². The Morgan fingerprint density at radius 2 is 2.00 bits per heavy atom. The number of carbonyl (C=O) groups is 3. The smallest absolute Gasteiger partial charge is 0.417 e. The van der Waals surface area contributed by atoms with E-state index in [9.17, 15) is 14.4 Å². The molecule has 15 heavy (non-hydrogen) atoms. The number of nitrogens with zero attached hydrogens (tertiary/aromatic N) is 1. The van der Waals surface area contributed by atoms with Gasteiger partial charge in [0.05, 0.1) is 6.54 Å². The molecule has 0 aromatic heterocycles. The average molecular weight is 214 g/mol. The Labute approximate surface area is 87.6 Å². The molecule has 1 fully saturated rings. The van der Waals surface area contributed by atoms with Gasteiger partial charge in [-0.05, 0) is 20.8 Å². The Kier molecular flexibility index (Phi) is 2.97. The van der Waals surface area contributed by atoms with Gasteiger partial charge in [0.2, 0.25) is 5.91 Å². The fourth-order valence-corrected chi connectivity index (χ4v) is 1.04. The number of carbonyl (C=O) groups excluding carboxylic acids is 3. The molecule has 0 aliphatic carbocycles. The normalized spacial score (nSPS) is 17.4. The van der Waals surface area contributed by atoms with E-state index in [0.717, 1.165) is 4.90 Å². The van der Waals surface area contributed by atoms with Crippen LogP contribution in [0.15, 0.2) is 0 Å². The monoisotopic (exact) mass is 214 g/mol. The van der Waals surface area contributed by atoms with Crippen LogP contribution in [0.2, 0.25) is 0 Å². The molecule has 0 aromatic carbocycles. The highest BCUT2D eigenvalue weighted by Gasteiger charge is 2.31. The highest BCUT2D eigenvalue weighted by molar-refractivity contribution is 6.01. The fraction of sp³-hybridized carbons (Fsp3) is 0.667. The zero-order valence-corrected chi connectivity index (χ0v) is 8.99. The van der Waals surface area contributed by atoms with Gasteiger partial charge in [0.15, 0.2) is 0 Å². The van der Waals surface area contributed by atoms with Gasteiger partial charge >= 0.3 is 6.09 Å².